The van der Waals surface area contributed by atoms with Gasteiger partial charge in [-0.15, -0.1) is 0 Å². The van der Waals surface area contributed by atoms with Crippen LogP contribution in [0, 0.1) is 0 Å². The first kappa shape index (κ1) is 14.0. The summed E-state index contributed by atoms with van der Waals surface area (Å²) in [7, 11) is -0.806. The number of pyridine rings is 1. The predicted octanol–water partition coefficient (Wildman–Crippen LogP) is 0.725. The van der Waals surface area contributed by atoms with Crippen LogP contribution in [0.25, 0.3) is 10.9 Å². The maximum absolute atomic E-state index is 12.7. The number of amides is 1. The molecule has 3 N–H and O–H groups in total. The standard InChI is InChI=1S/C14H16N4O2S/c15-17-13-9-11(10-3-1-2-4-12(10)16-13)14(19)18-5-7-21(20)8-6-18/h1-4,9H,5-8,15H2,(H,16,17). The zero-order valence-corrected chi connectivity index (χ0v) is 12.2. The van der Waals surface area contributed by atoms with Crippen molar-refractivity contribution in [3.05, 3.63) is 35.9 Å². The monoisotopic (exact) mass is 304 g/mol. The molecule has 0 radical (unpaired) electrons. The minimum atomic E-state index is -0.806. The highest BCUT2D eigenvalue weighted by molar-refractivity contribution is 7.85. The van der Waals surface area contributed by atoms with Crippen LogP contribution in [0.3, 0.4) is 0 Å². The summed E-state index contributed by atoms with van der Waals surface area (Å²) < 4.78 is 11.4. The Morgan fingerprint density at radius 1 is 1.29 bits per heavy atom. The second-order valence-electron chi connectivity index (χ2n) is 4.86. The zero-order chi connectivity index (χ0) is 14.8. The molecule has 0 unspecified atom stereocenters. The number of carbonyl (C=O) groups excluding carboxylic acids is 1. The summed E-state index contributed by atoms with van der Waals surface area (Å²) in [5.41, 5.74) is 3.78. The summed E-state index contributed by atoms with van der Waals surface area (Å²) >= 11 is 0. The van der Waals surface area contributed by atoms with E-state index in [1.54, 1.807) is 11.0 Å². The number of para-hydroxylation sites is 1. The molecule has 3 rings (SSSR count). The number of hydrogen-bond donors (Lipinski definition) is 2. The molecule has 1 amide bonds. The van der Waals surface area contributed by atoms with Crippen LogP contribution in [0.1, 0.15) is 10.4 Å². The second-order valence-corrected chi connectivity index (χ2v) is 6.55. The van der Waals surface area contributed by atoms with Crippen LogP contribution in [-0.4, -0.2) is 44.6 Å². The van der Waals surface area contributed by atoms with E-state index in [1.807, 2.05) is 24.3 Å². The van der Waals surface area contributed by atoms with Crippen molar-refractivity contribution in [3.8, 4) is 0 Å². The normalized spacial score (nSPS) is 16.1. The van der Waals surface area contributed by atoms with Gasteiger partial charge in [0, 0.05) is 40.8 Å². The maximum Gasteiger partial charge on any atom is 0.254 e. The number of nitrogens with two attached hydrogens (primary N) is 1. The molecule has 0 saturated carbocycles. The van der Waals surface area contributed by atoms with Crippen LogP contribution in [-0.2, 0) is 10.8 Å². The van der Waals surface area contributed by atoms with Crippen molar-refractivity contribution in [1.29, 1.82) is 0 Å². The van der Waals surface area contributed by atoms with Crippen molar-refractivity contribution >= 4 is 33.4 Å². The first-order valence-electron chi connectivity index (χ1n) is 6.69. The summed E-state index contributed by atoms with van der Waals surface area (Å²) in [5, 5.41) is 0.799. The highest BCUT2D eigenvalue weighted by Gasteiger charge is 2.23. The summed E-state index contributed by atoms with van der Waals surface area (Å²) in [4.78, 5) is 18.8. The van der Waals surface area contributed by atoms with Gasteiger partial charge in [0.2, 0.25) is 0 Å². The average molecular weight is 304 g/mol. The number of hydrazine groups is 1. The van der Waals surface area contributed by atoms with Gasteiger partial charge in [0.25, 0.3) is 5.91 Å². The van der Waals surface area contributed by atoms with Crippen molar-refractivity contribution in [1.82, 2.24) is 9.88 Å². The summed E-state index contributed by atoms with van der Waals surface area (Å²) in [5.74, 6) is 6.89. The fourth-order valence-corrected chi connectivity index (χ4v) is 3.49. The molecule has 7 heteroatoms. The van der Waals surface area contributed by atoms with Crippen LogP contribution < -0.4 is 11.3 Å². The molecular weight excluding hydrogens is 288 g/mol. The fourth-order valence-electron chi connectivity index (χ4n) is 2.44. The van der Waals surface area contributed by atoms with Gasteiger partial charge >= 0.3 is 0 Å². The van der Waals surface area contributed by atoms with E-state index in [0.29, 0.717) is 36.0 Å². The van der Waals surface area contributed by atoms with Crippen LogP contribution in [0.15, 0.2) is 30.3 Å². The molecule has 6 nitrogen and oxygen atoms in total. The molecule has 1 aromatic heterocycles. The Kier molecular flexibility index (Phi) is 3.85. The van der Waals surface area contributed by atoms with Gasteiger partial charge in [-0.05, 0) is 12.1 Å². The highest BCUT2D eigenvalue weighted by Crippen LogP contribution is 2.22. The Labute approximate surface area is 124 Å². The first-order valence-corrected chi connectivity index (χ1v) is 8.18. The maximum atomic E-state index is 12.7. The van der Waals surface area contributed by atoms with Crippen LogP contribution in [0.4, 0.5) is 5.82 Å². The summed E-state index contributed by atoms with van der Waals surface area (Å²) in [6, 6.07) is 9.13. The minimum Gasteiger partial charge on any atom is -0.337 e. The number of hydrogen-bond acceptors (Lipinski definition) is 5. The molecule has 2 heterocycles. The van der Waals surface area contributed by atoms with Gasteiger partial charge in [-0.2, -0.15) is 0 Å². The lowest BCUT2D eigenvalue weighted by Crippen LogP contribution is -2.41. The van der Waals surface area contributed by atoms with Crippen LogP contribution >= 0.6 is 0 Å². The molecule has 0 atom stereocenters. The largest absolute Gasteiger partial charge is 0.337 e. The molecule has 1 saturated heterocycles. The molecule has 2 aromatic rings. The van der Waals surface area contributed by atoms with Crippen LogP contribution in [0.5, 0.6) is 0 Å². The van der Waals surface area contributed by atoms with E-state index >= 15 is 0 Å². The van der Waals surface area contributed by atoms with Gasteiger partial charge in [-0.1, -0.05) is 18.2 Å². The summed E-state index contributed by atoms with van der Waals surface area (Å²) in [6.07, 6.45) is 0. The van der Waals surface area contributed by atoms with Gasteiger partial charge in [-0.3, -0.25) is 9.00 Å². The molecule has 0 aliphatic carbocycles. The molecule has 1 aromatic carbocycles. The molecule has 110 valence electrons. The third-order valence-corrected chi connectivity index (χ3v) is 4.84. The SMILES string of the molecule is NNc1cc(C(=O)N2CCS(=O)CC2)c2ccccc2n1. The molecule has 0 spiro atoms. The third kappa shape index (κ3) is 2.74. The molecule has 21 heavy (non-hydrogen) atoms. The predicted molar refractivity (Wildman–Crippen MR) is 83.3 cm³/mol. The molecule has 0 bridgehead atoms. The number of carbonyl (C=O) groups is 1. The van der Waals surface area contributed by atoms with Crippen molar-refractivity contribution in [2.45, 2.75) is 0 Å². The van der Waals surface area contributed by atoms with Crippen LogP contribution in [0.2, 0.25) is 0 Å². The van der Waals surface area contributed by atoms with E-state index in [0.717, 1.165) is 10.9 Å². The topological polar surface area (TPSA) is 88.3 Å². The van der Waals surface area contributed by atoms with E-state index in [-0.39, 0.29) is 5.91 Å². The molecule has 1 fully saturated rings. The number of nitrogens with one attached hydrogen (secondary N) is 1. The van der Waals surface area contributed by atoms with Gasteiger partial charge in [0.05, 0.1) is 11.1 Å². The number of nitrogens with zero attached hydrogens (tertiary/aromatic N) is 2. The van der Waals surface area contributed by atoms with Gasteiger partial charge in [-0.25, -0.2) is 10.8 Å². The van der Waals surface area contributed by atoms with E-state index in [2.05, 4.69) is 10.4 Å². The van der Waals surface area contributed by atoms with Crippen molar-refractivity contribution < 1.29 is 9.00 Å². The quantitative estimate of drug-likeness (QED) is 0.630. The molecular formula is C14H16N4O2S. The number of fused-ring (bicyclic) bond motifs is 1. The van der Waals surface area contributed by atoms with Gasteiger partial charge < -0.3 is 10.3 Å². The Morgan fingerprint density at radius 2 is 2.00 bits per heavy atom. The average Bonchev–Trinajstić information content (AvgIpc) is 2.53. The number of rotatable bonds is 2. The van der Waals surface area contributed by atoms with Gasteiger partial charge in [0.15, 0.2) is 0 Å². The lowest BCUT2D eigenvalue weighted by molar-refractivity contribution is 0.0773. The number of nitrogen functional groups attached to an aromatic ring is 1. The van der Waals surface area contributed by atoms with Crippen molar-refractivity contribution in [3.63, 3.8) is 0 Å². The summed E-state index contributed by atoms with van der Waals surface area (Å²) in [6.45, 7) is 1.04. The smallest absolute Gasteiger partial charge is 0.254 e. The van der Waals surface area contributed by atoms with E-state index in [9.17, 15) is 9.00 Å². The molecule has 1 aliphatic heterocycles. The molecule has 1 aliphatic rings. The Morgan fingerprint density at radius 3 is 2.71 bits per heavy atom. The van der Waals surface area contributed by atoms with Crippen molar-refractivity contribution in [2.24, 2.45) is 5.84 Å². The Balaban J connectivity index is 2.02. The van der Waals surface area contributed by atoms with E-state index in [4.69, 9.17) is 5.84 Å². The Hall–Kier alpha value is -1.99. The first-order chi connectivity index (χ1) is 10.2. The third-order valence-electron chi connectivity index (χ3n) is 3.56. The van der Waals surface area contributed by atoms with E-state index in [1.165, 1.54) is 0 Å². The van der Waals surface area contributed by atoms with E-state index < -0.39 is 10.8 Å². The van der Waals surface area contributed by atoms with Gasteiger partial charge in [0.1, 0.15) is 5.82 Å². The zero-order valence-electron chi connectivity index (χ0n) is 11.4. The number of anilines is 1. The Bertz CT molecular complexity index is 709. The van der Waals surface area contributed by atoms with Crippen molar-refractivity contribution in [2.75, 3.05) is 30.0 Å². The fraction of sp³-hybridized carbons (Fsp3) is 0.286. The minimum absolute atomic E-state index is 0.0678. The lowest BCUT2D eigenvalue weighted by atomic mass is 10.1. The number of benzene rings is 1. The second kappa shape index (κ2) is 5.79. The number of aromatic nitrogens is 1. The lowest BCUT2D eigenvalue weighted by Gasteiger charge is -2.27. The highest BCUT2D eigenvalue weighted by atomic mass is 32.2.